The highest BCUT2D eigenvalue weighted by Crippen LogP contribution is 2.14. The summed E-state index contributed by atoms with van der Waals surface area (Å²) in [5.41, 5.74) is 6.91. The second-order valence-electron chi connectivity index (χ2n) is 5.37. The predicted octanol–water partition coefficient (Wildman–Crippen LogP) is 2.66. The zero-order valence-corrected chi connectivity index (χ0v) is 15.1. The standard InChI is InChI=1S/C17H15ClN4O3S/c18-11-4-3-5-12(10-11)19-16(26)21-20-15(23)8-9-22-13-6-1-2-7-14(13)25-17(22)24/h1-7,10H,8-9H2,(H,20,23)(H2,19,21,26). The van der Waals surface area contributed by atoms with Gasteiger partial charge in [0.15, 0.2) is 10.7 Å². The Kier molecular flexibility index (Phi) is 5.55. The van der Waals surface area contributed by atoms with Crippen LogP contribution in [0.4, 0.5) is 5.69 Å². The van der Waals surface area contributed by atoms with E-state index in [-0.39, 0.29) is 24.0 Å². The van der Waals surface area contributed by atoms with E-state index in [1.807, 2.05) is 0 Å². The number of hydrazine groups is 1. The molecule has 3 rings (SSSR count). The lowest BCUT2D eigenvalue weighted by Crippen LogP contribution is -2.44. The fourth-order valence-corrected chi connectivity index (χ4v) is 2.72. The second-order valence-corrected chi connectivity index (χ2v) is 6.22. The van der Waals surface area contributed by atoms with Crippen molar-refractivity contribution in [3.05, 3.63) is 64.1 Å². The third kappa shape index (κ3) is 4.41. The molecular formula is C17H15ClN4O3S. The maximum atomic E-state index is 12.0. The topological polar surface area (TPSA) is 88.3 Å². The number of para-hydroxylation sites is 2. The van der Waals surface area contributed by atoms with Crippen LogP contribution in [0.25, 0.3) is 11.1 Å². The van der Waals surface area contributed by atoms with Crippen LogP contribution in [0.2, 0.25) is 5.02 Å². The van der Waals surface area contributed by atoms with E-state index in [0.29, 0.717) is 21.8 Å². The lowest BCUT2D eigenvalue weighted by molar-refractivity contribution is -0.121. The van der Waals surface area contributed by atoms with Gasteiger partial charge in [0.05, 0.1) is 5.52 Å². The van der Waals surface area contributed by atoms with Crippen LogP contribution < -0.4 is 21.9 Å². The molecule has 1 amide bonds. The molecule has 3 N–H and O–H groups in total. The first-order valence-electron chi connectivity index (χ1n) is 7.73. The van der Waals surface area contributed by atoms with E-state index in [1.54, 1.807) is 48.5 Å². The summed E-state index contributed by atoms with van der Waals surface area (Å²) in [7, 11) is 0. The Morgan fingerprint density at radius 2 is 1.96 bits per heavy atom. The first kappa shape index (κ1) is 18.0. The summed E-state index contributed by atoms with van der Waals surface area (Å²) in [6, 6.07) is 14.1. The van der Waals surface area contributed by atoms with Gasteiger partial charge in [-0.2, -0.15) is 0 Å². The Labute approximate surface area is 158 Å². The molecule has 0 spiro atoms. The summed E-state index contributed by atoms with van der Waals surface area (Å²) in [4.78, 5) is 23.8. The van der Waals surface area contributed by atoms with Crippen molar-refractivity contribution in [1.82, 2.24) is 15.4 Å². The van der Waals surface area contributed by atoms with Gasteiger partial charge < -0.3 is 9.73 Å². The minimum absolute atomic E-state index is 0.0796. The lowest BCUT2D eigenvalue weighted by atomic mass is 10.3. The molecule has 9 heteroatoms. The minimum Gasteiger partial charge on any atom is -0.408 e. The lowest BCUT2D eigenvalue weighted by Gasteiger charge is -2.11. The summed E-state index contributed by atoms with van der Waals surface area (Å²) in [5, 5.41) is 3.68. The largest absolute Gasteiger partial charge is 0.419 e. The Bertz CT molecular complexity index is 1010. The third-order valence-electron chi connectivity index (χ3n) is 3.53. The molecule has 0 saturated carbocycles. The van der Waals surface area contributed by atoms with Crippen LogP contribution in [0.1, 0.15) is 6.42 Å². The number of carbonyl (C=O) groups is 1. The monoisotopic (exact) mass is 390 g/mol. The normalized spacial score (nSPS) is 10.5. The highest BCUT2D eigenvalue weighted by molar-refractivity contribution is 7.80. The van der Waals surface area contributed by atoms with Crippen LogP contribution in [-0.4, -0.2) is 15.6 Å². The molecule has 0 bridgehead atoms. The van der Waals surface area contributed by atoms with Crippen molar-refractivity contribution in [3.8, 4) is 0 Å². The van der Waals surface area contributed by atoms with Gasteiger partial charge in [-0.15, -0.1) is 0 Å². The average molecular weight is 391 g/mol. The van der Waals surface area contributed by atoms with Crippen molar-refractivity contribution in [2.45, 2.75) is 13.0 Å². The number of hydrogen-bond acceptors (Lipinski definition) is 4. The molecule has 0 atom stereocenters. The van der Waals surface area contributed by atoms with Crippen molar-refractivity contribution in [3.63, 3.8) is 0 Å². The van der Waals surface area contributed by atoms with Gasteiger partial charge in [0, 0.05) is 23.7 Å². The number of carbonyl (C=O) groups excluding carboxylic acids is 1. The maximum absolute atomic E-state index is 12.0. The summed E-state index contributed by atoms with van der Waals surface area (Å²) >= 11 is 11.0. The quantitative estimate of drug-likeness (QED) is 0.469. The van der Waals surface area contributed by atoms with Gasteiger partial charge in [-0.25, -0.2) is 4.79 Å². The Balaban J connectivity index is 1.50. The summed E-state index contributed by atoms with van der Waals surface area (Å²) in [6.45, 7) is 0.192. The number of rotatable bonds is 4. The molecule has 0 saturated heterocycles. The number of thiocarbonyl (C=S) groups is 1. The molecule has 0 unspecified atom stereocenters. The zero-order valence-electron chi connectivity index (χ0n) is 13.5. The Morgan fingerprint density at radius 1 is 1.15 bits per heavy atom. The van der Waals surface area contributed by atoms with Crippen molar-refractivity contribution < 1.29 is 9.21 Å². The van der Waals surface area contributed by atoms with Gasteiger partial charge >= 0.3 is 5.76 Å². The van der Waals surface area contributed by atoms with Gasteiger partial charge in [-0.1, -0.05) is 29.8 Å². The van der Waals surface area contributed by atoms with E-state index in [1.165, 1.54) is 4.57 Å². The molecular weight excluding hydrogens is 376 g/mol. The molecule has 7 nitrogen and oxygen atoms in total. The molecule has 0 fully saturated rings. The number of nitrogens with zero attached hydrogens (tertiary/aromatic N) is 1. The number of halogens is 1. The number of anilines is 1. The van der Waals surface area contributed by atoms with E-state index in [0.717, 1.165) is 0 Å². The second kappa shape index (κ2) is 8.03. The number of benzene rings is 2. The van der Waals surface area contributed by atoms with Crippen molar-refractivity contribution >= 4 is 51.6 Å². The van der Waals surface area contributed by atoms with E-state index >= 15 is 0 Å². The van der Waals surface area contributed by atoms with Gasteiger partial charge in [-0.3, -0.25) is 20.2 Å². The molecule has 2 aromatic carbocycles. The molecule has 0 aliphatic carbocycles. The first-order chi connectivity index (χ1) is 12.5. The number of amides is 1. The molecule has 0 aliphatic rings. The van der Waals surface area contributed by atoms with Crippen LogP contribution in [0.5, 0.6) is 0 Å². The van der Waals surface area contributed by atoms with Gasteiger partial charge in [0.1, 0.15) is 0 Å². The average Bonchev–Trinajstić information content (AvgIpc) is 2.93. The van der Waals surface area contributed by atoms with Gasteiger partial charge in [-0.05, 0) is 42.5 Å². The number of fused-ring (bicyclic) bond motifs is 1. The fourth-order valence-electron chi connectivity index (χ4n) is 2.36. The first-order valence-corrected chi connectivity index (χ1v) is 8.51. The molecule has 1 heterocycles. The Hall–Kier alpha value is -2.84. The van der Waals surface area contributed by atoms with Gasteiger partial charge in [0.25, 0.3) is 0 Å². The molecule has 1 aromatic heterocycles. The smallest absolute Gasteiger partial charge is 0.408 e. The van der Waals surface area contributed by atoms with Crippen molar-refractivity contribution in [2.24, 2.45) is 0 Å². The van der Waals surface area contributed by atoms with E-state index in [4.69, 9.17) is 28.2 Å². The molecule has 26 heavy (non-hydrogen) atoms. The summed E-state index contributed by atoms with van der Waals surface area (Å²) in [6.07, 6.45) is 0.0796. The third-order valence-corrected chi connectivity index (χ3v) is 3.97. The number of aryl methyl sites for hydroxylation is 1. The fraction of sp³-hybridized carbons (Fsp3) is 0.118. The number of aromatic nitrogens is 1. The van der Waals surface area contributed by atoms with Gasteiger partial charge in [0.2, 0.25) is 5.91 Å². The maximum Gasteiger partial charge on any atom is 0.419 e. The highest BCUT2D eigenvalue weighted by Gasteiger charge is 2.10. The van der Waals surface area contributed by atoms with Crippen molar-refractivity contribution in [1.29, 1.82) is 0 Å². The molecule has 134 valence electrons. The summed E-state index contributed by atoms with van der Waals surface area (Å²) in [5.74, 6) is -0.817. The van der Waals surface area contributed by atoms with Crippen LogP contribution in [0.15, 0.2) is 57.7 Å². The van der Waals surface area contributed by atoms with Crippen molar-refractivity contribution in [2.75, 3.05) is 5.32 Å². The number of hydrogen-bond donors (Lipinski definition) is 3. The molecule has 3 aromatic rings. The van der Waals surface area contributed by atoms with E-state index < -0.39 is 5.76 Å². The van der Waals surface area contributed by atoms with E-state index in [2.05, 4.69) is 16.2 Å². The minimum atomic E-state index is -0.495. The molecule has 0 aliphatic heterocycles. The summed E-state index contributed by atoms with van der Waals surface area (Å²) < 4.78 is 6.54. The predicted molar refractivity (Wildman–Crippen MR) is 104 cm³/mol. The van der Waals surface area contributed by atoms with E-state index in [9.17, 15) is 9.59 Å². The zero-order chi connectivity index (χ0) is 18.5. The SMILES string of the molecule is O=C(CCn1c(=O)oc2ccccc21)NNC(=S)Nc1cccc(Cl)c1. The van der Waals surface area contributed by atoms with Crippen LogP contribution in [0.3, 0.4) is 0 Å². The van der Waals surface area contributed by atoms with Crippen LogP contribution in [0, 0.1) is 0 Å². The highest BCUT2D eigenvalue weighted by atomic mass is 35.5. The van der Waals surface area contributed by atoms with Crippen LogP contribution in [-0.2, 0) is 11.3 Å². The van der Waals surface area contributed by atoms with Crippen LogP contribution >= 0.6 is 23.8 Å². The number of nitrogens with one attached hydrogen (secondary N) is 3. The number of oxazole rings is 1. The molecule has 0 radical (unpaired) electrons. The Morgan fingerprint density at radius 3 is 2.77 bits per heavy atom.